The van der Waals surface area contributed by atoms with Gasteiger partial charge in [-0.2, -0.15) is 0 Å². The van der Waals surface area contributed by atoms with Crippen molar-refractivity contribution < 1.29 is 9.18 Å². The van der Waals surface area contributed by atoms with Crippen LogP contribution in [0.15, 0.2) is 29.3 Å². The summed E-state index contributed by atoms with van der Waals surface area (Å²) in [7, 11) is 1.79. The Morgan fingerprint density at radius 2 is 1.83 bits per heavy atom. The van der Waals surface area contributed by atoms with Crippen molar-refractivity contribution in [3.63, 3.8) is 0 Å². The summed E-state index contributed by atoms with van der Waals surface area (Å²) in [4.78, 5) is 23.5. The lowest BCUT2D eigenvalue weighted by Gasteiger charge is -2.39. The van der Waals surface area contributed by atoms with E-state index in [0.717, 1.165) is 70.1 Å². The summed E-state index contributed by atoms with van der Waals surface area (Å²) in [6.45, 7) is 7.95. The number of halogens is 2. The lowest BCUT2D eigenvalue weighted by Crippen LogP contribution is -2.57. The van der Waals surface area contributed by atoms with Gasteiger partial charge in [0.15, 0.2) is 5.96 Å². The third kappa shape index (κ3) is 6.53. The predicted octanol–water partition coefficient (Wildman–Crippen LogP) is 2.19. The van der Waals surface area contributed by atoms with E-state index < -0.39 is 0 Å². The fraction of sp³-hybridized carbons (Fsp3) is 0.619. The van der Waals surface area contributed by atoms with E-state index >= 15 is 0 Å². The van der Waals surface area contributed by atoms with E-state index in [1.165, 1.54) is 6.07 Å². The number of nitrogens with one attached hydrogen (secondary N) is 1. The summed E-state index contributed by atoms with van der Waals surface area (Å²) in [5.41, 5.74) is 0.974. The van der Waals surface area contributed by atoms with E-state index in [-0.39, 0.29) is 41.7 Å². The molecule has 0 bridgehead atoms. The zero-order valence-electron chi connectivity index (χ0n) is 17.4. The summed E-state index contributed by atoms with van der Waals surface area (Å²) in [5.74, 6) is 0.939. The first-order valence-electron chi connectivity index (χ1n) is 10.3. The number of carbonyl (C=O) groups excluding carboxylic acids is 1. The topological polar surface area (TPSA) is 51.2 Å². The first-order valence-corrected chi connectivity index (χ1v) is 10.3. The Morgan fingerprint density at radius 1 is 1.14 bits per heavy atom. The molecule has 2 heterocycles. The Balaban J connectivity index is 0.00000300. The Bertz CT molecular complexity index is 687. The van der Waals surface area contributed by atoms with Crippen LogP contribution in [0.25, 0.3) is 0 Å². The van der Waals surface area contributed by atoms with Crippen molar-refractivity contribution in [2.45, 2.75) is 32.2 Å². The highest BCUT2D eigenvalue weighted by atomic mass is 127. The molecule has 1 atom stereocenters. The van der Waals surface area contributed by atoms with Crippen molar-refractivity contribution in [2.24, 2.45) is 4.99 Å². The third-order valence-electron chi connectivity index (χ3n) is 5.73. The lowest BCUT2D eigenvalue weighted by molar-refractivity contribution is -0.135. The molecule has 0 aromatic heterocycles. The maximum Gasteiger partial charge on any atom is 0.239 e. The van der Waals surface area contributed by atoms with Crippen molar-refractivity contribution in [3.8, 4) is 0 Å². The number of carbonyl (C=O) groups is 1. The van der Waals surface area contributed by atoms with Crippen molar-refractivity contribution in [1.29, 1.82) is 0 Å². The van der Waals surface area contributed by atoms with Crippen molar-refractivity contribution >= 4 is 35.8 Å². The van der Waals surface area contributed by atoms with Crippen LogP contribution in [0.2, 0.25) is 0 Å². The Morgan fingerprint density at radius 3 is 2.45 bits per heavy atom. The van der Waals surface area contributed by atoms with Gasteiger partial charge in [-0.1, -0.05) is 12.1 Å². The highest BCUT2D eigenvalue weighted by molar-refractivity contribution is 14.0. The molecule has 2 aliphatic rings. The van der Waals surface area contributed by atoms with E-state index in [0.29, 0.717) is 6.54 Å². The standard InChI is InChI=1S/C21H32FN5O.HI/c1-17(20(28)26-10-3-4-11-26)25-12-14-27(15-13-25)21(23-2)24-9-8-18-6-5-7-19(22)16-18;/h5-7,16-17H,3-4,8-15H2,1-2H3,(H,23,24);1H. The Hall–Kier alpha value is -1.42. The molecule has 1 N–H and O–H groups in total. The molecule has 0 aliphatic carbocycles. The summed E-state index contributed by atoms with van der Waals surface area (Å²) < 4.78 is 13.3. The molecule has 0 spiro atoms. The van der Waals surface area contributed by atoms with Crippen molar-refractivity contribution in [3.05, 3.63) is 35.6 Å². The molecule has 1 unspecified atom stereocenters. The number of nitrogens with zero attached hydrogens (tertiary/aromatic N) is 4. The van der Waals surface area contributed by atoms with E-state index in [1.54, 1.807) is 19.2 Å². The second-order valence-corrected chi connectivity index (χ2v) is 7.59. The van der Waals surface area contributed by atoms with Gasteiger partial charge in [-0.25, -0.2) is 4.39 Å². The number of piperazine rings is 1. The van der Waals surface area contributed by atoms with Crippen LogP contribution in [0.1, 0.15) is 25.3 Å². The maximum absolute atomic E-state index is 13.3. The van der Waals surface area contributed by atoms with Gasteiger partial charge >= 0.3 is 0 Å². The molecule has 0 radical (unpaired) electrons. The number of aliphatic imine (C=N–C) groups is 1. The minimum atomic E-state index is -0.199. The van der Waals surface area contributed by atoms with E-state index in [2.05, 4.69) is 20.1 Å². The van der Waals surface area contributed by atoms with Gasteiger partial charge in [0.1, 0.15) is 5.82 Å². The minimum absolute atomic E-state index is 0. The number of amides is 1. The van der Waals surface area contributed by atoms with E-state index in [9.17, 15) is 9.18 Å². The van der Waals surface area contributed by atoms with Crippen LogP contribution in [0, 0.1) is 5.82 Å². The van der Waals surface area contributed by atoms with Crippen LogP contribution in [-0.2, 0) is 11.2 Å². The maximum atomic E-state index is 13.3. The molecule has 0 saturated carbocycles. The van der Waals surface area contributed by atoms with Crippen LogP contribution in [0.4, 0.5) is 4.39 Å². The average Bonchev–Trinajstić information content (AvgIpc) is 3.25. The Kier molecular flexibility index (Phi) is 9.61. The van der Waals surface area contributed by atoms with Crippen LogP contribution in [0.5, 0.6) is 0 Å². The van der Waals surface area contributed by atoms with Gasteiger partial charge in [-0.05, 0) is 43.9 Å². The zero-order chi connectivity index (χ0) is 19.9. The number of hydrogen-bond donors (Lipinski definition) is 1. The monoisotopic (exact) mass is 517 g/mol. The summed E-state index contributed by atoms with van der Waals surface area (Å²) in [5, 5.41) is 3.38. The molecule has 1 aromatic rings. The number of hydrogen-bond acceptors (Lipinski definition) is 3. The smallest absolute Gasteiger partial charge is 0.239 e. The summed E-state index contributed by atoms with van der Waals surface area (Å²) in [6, 6.07) is 6.66. The lowest BCUT2D eigenvalue weighted by atomic mass is 10.1. The van der Waals surface area contributed by atoms with Gasteiger partial charge in [0, 0.05) is 52.9 Å². The minimum Gasteiger partial charge on any atom is -0.356 e. The van der Waals surface area contributed by atoms with Crippen molar-refractivity contribution in [2.75, 3.05) is 52.9 Å². The van der Waals surface area contributed by atoms with Gasteiger partial charge in [-0.3, -0.25) is 14.7 Å². The van der Waals surface area contributed by atoms with E-state index in [4.69, 9.17) is 0 Å². The second-order valence-electron chi connectivity index (χ2n) is 7.59. The molecule has 1 amide bonds. The summed E-state index contributed by atoms with van der Waals surface area (Å²) >= 11 is 0. The van der Waals surface area contributed by atoms with Gasteiger partial charge < -0.3 is 15.1 Å². The second kappa shape index (κ2) is 11.7. The number of benzene rings is 1. The molecule has 2 saturated heterocycles. The third-order valence-corrected chi connectivity index (χ3v) is 5.73. The molecular weight excluding hydrogens is 484 g/mol. The zero-order valence-corrected chi connectivity index (χ0v) is 19.8. The normalized spacial score (nSPS) is 19.1. The highest BCUT2D eigenvalue weighted by Gasteiger charge is 2.30. The first-order chi connectivity index (χ1) is 13.6. The predicted molar refractivity (Wildman–Crippen MR) is 125 cm³/mol. The first kappa shape index (κ1) is 23.9. The van der Waals surface area contributed by atoms with Gasteiger partial charge in [0.05, 0.1) is 6.04 Å². The van der Waals surface area contributed by atoms with Crippen LogP contribution in [-0.4, -0.2) is 85.5 Å². The fourth-order valence-corrected chi connectivity index (χ4v) is 4.02. The average molecular weight is 517 g/mol. The van der Waals surface area contributed by atoms with Gasteiger partial charge in [0.25, 0.3) is 0 Å². The van der Waals surface area contributed by atoms with Crippen molar-refractivity contribution in [1.82, 2.24) is 20.0 Å². The summed E-state index contributed by atoms with van der Waals surface area (Å²) in [6.07, 6.45) is 3.01. The molecular formula is C21H33FIN5O. The number of guanidine groups is 1. The molecule has 1 aromatic carbocycles. The molecule has 2 fully saturated rings. The number of likely N-dealkylation sites (tertiary alicyclic amines) is 1. The van der Waals surface area contributed by atoms with Crippen LogP contribution >= 0.6 is 24.0 Å². The van der Waals surface area contributed by atoms with Crippen LogP contribution < -0.4 is 5.32 Å². The SMILES string of the molecule is CN=C(NCCc1cccc(F)c1)N1CCN(C(C)C(=O)N2CCCC2)CC1.I. The van der Waals surface area contributed by atoms with Gasteiger partial charge in [-0.15, -0.1) is 24.0 Å². The quantitative estimate of drug-likeness (QED) is 0.370. The molecule has 162 valence electrons. The molecule has 29 heavy (non-hydrogen) atoms. The largest absolute Gasteiger partial charge is 0.356 e. The van der Waals surface area contributed by atoms with Gasteiger partial charge in [0.2, 0.25) is 5.91 Å². The molecule has 2 aliphatic heterocycles. The van der Waals surface area contributed by atoms with E-state index in [1.807, 2.05) is 17.9 Å². The molecule has 8 heteroatoms. The Labute approximate surface area is 190 Å². The molecule has 6 nitrogen and oxygen atoms in total. The van der Waals surface area contributed by atoms with Crippen LogP contribution in [0.3, 0.4) is 0 Å². The highest BCUT2D eigenvalue weighted by Crippen LogP contribution is 2.14. The molecule has 3 rings (SSSR count). The number of rotatable bonds is 5. The fourth-order valence-electron chi connectivity index (χ4n) is 4.02.